The highest BCUT2D eigenvalue weighted by molar-refractivity contribution is 6.07. The summed E-state index contributed by atoms with van der Waals surface area (Å²) in [6, 6.07) is 7.68. The third-order valence-electron chi connectivity index (χ3n) is 3.05. The van der Waals surface area contributed by atoms with Gasteiger partial charge in [-0.25, -0.2) is 0 Å². The molecule has 0 saturated carbocycles. The second-order valence-electron chi connectivity index (χ2n) is 4.92. The predicted octanol–water partition coefficient (Wildman–Crippen LogP) is 3.06. The Hall–Kier alpha value is -2.88. The van der Waals surface area contributed by atoms with Gasteiger partial charge in [-0.3, -0.25) is 14.9 Å². The Labute approximate surface area is 135 Å². The van der Waals surface area contributed by atoms with Crippen LogP contribution in [0.25, 0.3) is 0 Å². The third-order valence-corrected chi connectivity index (χ3v) is 3.05. The number of carbonyl (C=O) groups excluding carboxylic acids is 1. The van der Waals surface area contributed by atoms with E-state index >= 15 is 0 Å². The molecule has 23 heavy (non-hydrogen) atoms. The molecular formula is C16H20N4O3. The fourth-order valence-corrected chi connectivity index (χ4v) is 2.06. The first-order valence-corrected chi connectivity index (χ1v) is 7.44. The van der Waals surface area contributed by atoms with E-state index in [1.165, 1.54) is 24.4 Å². The van der Waals surface area contributed by atoms with Crippen molar-refractivity contribution in [2.24, 2.45) is 0 Å². The van der Waals surface area contributed by atoms with E-state index in [-0.39, 0.29) is 16.9 Å². The summed E-state index contributed by atoms with van der Waals surface area (Å²) in [5, 5.41) is 22.6. The standard InChI is InChI=1S/C16H20N4O3/c1-3-9-19(10-4-2)12-13(11-17)16(21)18-14-7-5-6-8-15(14)20(22)23/h5-8,12H,3-4,9-10H2,1-2H3,(H,18,21)/b13-12-. The molecule has 1 aromatic carbocycles. The number of benzene rings is 1. The first-order chi connectivity index (χ1) is 11.0. The molecule has 0 aliphatic heterocycles. The number of carbonyl (C=O) groups is 1. The van der Waals surface area contributed by atoms with E-state index in [1.807, 2.05) is 24.8 Å². The van der Waals surface area contributed by atoms with Crippen LogP contribution in [0.5, 0.6) is 0 Å². The predicted molar refractivity (Wildman–Crippen MR) is 87.6 cm³/mol. The molecule has 7 nitrogen and oxygen atoms in total. The fraction of sp³-hybridized carbons (Fsp3) is 0.375. The fourth-order valence-electron chi connectivity index (χ4n) is 2.06. The molecule has 0 heterocycles. The van der Waals surface area contributed by atoms with Gasteiger partial charge in [0.1, 0.15) is 17.3 Å². The molecule has 0 saturated heterocycles. The first kappa shape index (κ1) is 18.2. The van der Waals surface area contributed by atoms with Gasteiger partial charge in [0.2, 0.25) is 0 Å². The van der Waals surface area contributed by atoms with Crippen LogP contribution in [-0.4, -0.2) is 28.8 Å². The van der Waals surface area contributed by atoms with E-state index in [9.17, 15) is 20.2 Å². The number of hydrogen-bond acceptors (Lipinski definition) is 5. The van der Waals surface area contributed by atoms with Gasteiger partial charge in [0, 0.05) is 25.4 Å². The Kier molecular flexibility index (Phi) is 7.27. The Balaban J connectivity index is 2.98. The number of para-hydroxylation sites is 2. The van der Waals surface area contributed by atoms with Gasteiger partial charge in [-0.1, -0.05) is 26.0 Å². The van der Waals surface area contributed by atoms with E-state index < -0.39 is 10.8 Å². The SMILES string of the molecule is CCCN(/C=C(/C#N)C(=O)Nc1ccccc1[N+](=O)[O-])CCC. The number of anilines is 1. The van der Waals surface area contributed by atoms with Crippen LogP contribution in [0.15, 0.2) is 36.0 Å². The van der Waals surface area contributed by atoms with Gasteiger partial charge in [0.25, 0.3) is 11.6 Å². The van der Waals surface area contributed by atoms with Crippen LogP contribution in [0.3, 0.4) is 0 Å². The Morgan fingerprint density at radius 3 is 2.48 bits per heavy atom. The van der Waals surface area contributed by atoms with Crippen molar-refractivity contribution in [1.29, 1.82) is 5.26 Å². The minimum atomic E-state index is -0.654. The van der Waals surface area contributed by atoms with Crippen LogP contribution in [0, 0.1) is 21.4 Å². The largest absolute Gasteiger partial charge is 0.376 e. The highest BCUT2D eigenvalue weighted by atomic mass is 16.6. The van der Waals surface area contributed by atoms with Gasteiger partial charge in [0.05, 0.1) is 4.92 Å². The molecule has 0 bridgehead atoms. The molecule has 7 heteroatoms. The second kappa shape index (κ2) is 9.20. The summed E-state index contributed by atoms with van der Waals surface area (Å²) in [6.45, 7) is 5.49. The molecule has 0 unspecified atom stereocenters. The quantitative estimate of drug-likeness (QED) is 0.344. The normalized spacial score (nSPS) is 10.7. The zero-order chi connectivity index (χ0) is 17.2. The third kappa shape index (κ3) is 5.43. The highest BCUT2D eigenvalue weighted by Crippen LogP contribution is 2.23. The lowest BCUT2D eigenvalue weighted by Crippen LogP contribution is -2.23. The van der Waals surface area contributed by atoms with Gasteiger partial charge in [-0.05, 0) is 18.9 Å². The summed E-state index contributed by atoms with van der Waals surface area (Å²) >= 11 is 0. The van der Waals surface area contributed by atoms with Gasteiger partial charge in [-0.2, -0.15) is 5.26 Å². The minimum Gasteiger partial charge on any atom is -0.376 e. The summed E-state index contributed by atoms with van der Waals surface area (Å²) in [6.07, 6.45) is 3.29. The second-order valence-corrected chi connectivity index (χ2v) is 4.92. The highest BCUT2D eigenvalue weighted by Gasteiger charge is 2.17. The van der Waals surface area contributed by atoms with Crippen molar-refractivity contribution in [3.63, 3.8) is 0 Å². The van der Waals surface area contributed by atoms with Gasteiger partial charge >= 0.3 is 0 Å². The summed E-state index contributed by atoms with van der Waals surface area (Å²) in [5.41, 5.74) is -0.219. The maximum Gasteiger partial charge on any atom is 0.292 e. The molecule has 1 aromatic rings. The van der Waals surface area contributed by atoms with Crippen molar-refractivity contribution < 1.29 is 9.72 Å². The van der Waals surface area contributed by atoms with Crippen LogP contribution in [0.4, 0.5) is 11.4 Å². The maximum absolute atomic E-state index is 12.2. The van der Waals surface area contributed by atoms with Crippen molar-refractivity contribution in [3.8, 4) is 6.07 Å². The summed E-state index contributed by atoms with van der Waals surface area (Å²) in [4.78, 5) is 24.5. The molecule has 0 aliphatic rings. The number of nitrogens with zero attached hydrogens (tertiary/aromatic N) is 3. The van der Waals surface area contributed by atoms with E-state index in [0.717, 1.165) is 25.9 Å². The van der Waals surface area contributed by atoms with E-state index in [0.29, 0.717) is 0 Å². The van der Waals surface area contributed by atoms with Crippen LogP contribution in [0.1, 0.15) is 26.7 Å². The van der Waals surface area contributed by atoms with E-state index in [1.54, 1.807) is 6.07 Å². The molecule has 1 amide bonds. The van der Waals surface area contributed by atoms with Crippen molar-refractivity contribution in [1.82, 2.24) is 4.90 Å². The Bertz CT molecular complexity index is 628. The van der Waals surface area contributed by atoms with Crippen LogP contribution < -0.4 is 5.32 Å². The minimum absolute atomic E-state index is 0.0705. The van der Waals surface area contributed by atoms with Gasteiger partial charge in [-0.15, -0.1) is 0 Å². The molecule has 0 radical (unpaired) electrons. The molecule has 122 valence electrons. The average Bonchev–Trinajstić information content (AvgIpc) is 2.53. The number of hydrogen-bond donors (Lipinski definition) is 1. The smallest absolute Gasteiger partial charge is 0.292 e. The van der Waals surface area contributed by atoms with E-state index in [2.05, 4.69) is 5.32 Å². The van der Waals surface area contributed by atoms with Crippen LogP contribution in [0.2, 0.25) is 0 Å². The molecule has 0 fully saturated rings. The Morgan fingerprint density at radius 2 is 1.96 bits per heavy atom. The summed E-state index contributed by atoms with van der Waals surface area (Å²) < 4.78 is 0. The number of rotatable bonds is 8. The topological polar surface area (TPSA) is 99.3 Å². The molecule has 0 aromatic heterocycles. The monoisotopic (exact) mass is 316 g/mol. The maximum atomic E-state index is 12.2. The van der Waals surface area contributed by atoms with Crippen molar-refractivity contribution in [2.75, 3.05) is 18.4 Å². The molecule has 1 rings (SSSR count). The lowest BCUT2D eigenvalue weighted by molar-refractivity contribution is -0.383. The molecule has 1 N–H and O–H groups in total. The number of nitro groups is 1. The number of nitriles is 1. The van der Waals surface area contributed by atoms with Gasteiger partial charge < -0.3 is 10.2 Å². The zero-order valence-corrected chi connectivity index (χ0v) is 13.3. The molecule has 0 atom stereocenters. The lowest BCUT2D eigenvalue weighted by Gasteiger charge is -2.19. The average molecular weight is 316 g/mol. The summed E-state index contributed by atoms with van der Waals surface area (Å²) in [7, 11) is 0. The zero-order valence-electron chi connectivity index (χ0n) is 13.3. The van der Waals surface area contributed by atoms with Crippen LogP contribution >= 0.6 is 0 Å². The van der Waals surface area contributed by atoms with Crippen molar-refractivity contribution >= 4 is 17.3 Å². The molecule has 0 spiro atoms. The first-order valence-electron chi connectivity index (χ1n) is 7.44. The van der Waals surface area contributed by atoms with E-state index in [4.69, 9.17) is 0 Å². The van der Waals surface area contributed by atoms with Gasteiger partial charge in [0.15, 0.2) is 0 Å². The number of amides is 1. The van der Waals surface area contributed by atoms with Crippen molar-refractivity contribution in [3.05, 3.63) is 46.2 Å². The summed E-state index contributed by atoms with van der Waals surface area (Å²) in [5.74, 6) is -0.654. The van der Waals surface area contributed by atoms with Crippen molar-refractivity contribution in [2.45, 2.75) is 26.7 Å². The van der Waals surface area contributed by atoms with Crippen LogP contribution in [-0.2, 0) is 4.79 Å². The number of nitro benzene ring substituents is 1. The molecular weight excluding hydrogens is 296 g/mol. The molecule has 0 aliphatic carbocycles. The lowest BCUT2D eigenvalue weighted by atomic mass is 10.2. The Morgan fingerprint density at radius 1 is 1.35 bits per heavy atom. The number of nitrogens with one attached hydrogen (secondary N) is 1.